The molecule has 2 saturated carbocycles. The number of nitrogens with one attached hydrogen (secondary N) is 3. The van der Waals surface area contributed by atoms with Crippen molar-refractivity contribution in [1.29, 1.82) is 5.26 Å². The first-order valence-corrected chi connectivity index (χ1v) is 14.1. The lowest BCUT2D eigenvalue weighted by Gasteiger charge is -2.44. The lowest BCUT2D eigenvalue weighted by Crippen LogP contribution is -2.55. The summed E-state index contributed by atoms with van der Waals surface area (Å²) in [6, 6.07) is 2.89. The Bertz CT molecular complexity index is 807. The van der Waals surface area contributed by atoms with E-state index in [1.807, 2.05) is 12.0 Å². The second-order valence-corrected chi connectivity index (χ2v) is 12.4. The number of ether oxygens (including phenoxy) is 1. The second-order valence-electron chi connectivity index (χ2n) is 11.0. The molecule has 5 aliphatic rings. The third-order valence-corrected chi connectivity index (χ3v) is 10.4. The zero-order valence-corrected chi connectivity index (χ0v) is 21.2. The molecular weight excluding hydrogens is 450 g/mol. The number of thioether (sulfide) groups is 1. The molecule has 9 heteroatoms. The van der Waals surface area contributed by atoms with Gasteiger partial charge in [0.2, 0.25) is 11.8 Å². The van der Waals surface area contributed by atoms with Crippen LogP contribution < -0.4 is 16.0 Å². The van der Waals surface area contributed by atoms with Gasteiger partial charge in [-0.3, -0.25) is 14.9 Å². The Labute approximate surface area is 207 Å². The van der Waals surface area contributed by atoms with Crippen LogP contribution in [0.5, 0.6) is 0 Å². The van der Waals surface area contributed by atoms with E-state index in [4.69, 9.17) is 4.74 Å². The van der Waals surface area contributed by atoms with Crippen LogP contribution in [0.3, 0.4) is 0 Å². The Kier molecular flexibility index (Phi) is 7.41. The monoisotopic (exact) mass is 489 g/mol. The average Bonchev–Trinajstić information content (AvgIpc) is 3.37. The standard InChI is InChI=1S/C25H39N5O3S/c1-14-9-18(17-5-3-4-6-21(17)33-2)19(11-27-14)23(31)29-25-28-20-12-30(13-22(20)34-25)24(32)16-8-7-15(16)10-26/h14-22,25,27-28H,3-9,11-13H2,1-2H3,(H,29,31). The Morgan fingerprint density at radius 2 is 1.94 bits per heavy atom. The number of carbonyl (C=O) groups is 2. The number of rotatable bonds is 5. The maximum Gasteiger partial charge on any atom is 0.227 e. The summed E-state index contributed by atoms with van der Waals surface area (Å²) in [5, 5.41) is 19.9. The van der Waals surface area contributed by atoms with Gasteiger partial charge < -0.3 is 20.3 Å². The summed E-state index contributed by atoms with van der Waals surface area (Å²) >= 11 is 1.73. The van der Waals surface area contributed by atoms with Crippen LogP contribution in [0.1, 0.15) is 51.9 Å². The van der Waals surface area contributed by atoms with Gasteiger partial charge in [-0.2, -0.15) is 5.26 Å². The minimum atomic E-state index is -0.113. The first-order valence-electron chi connectivity index (χ1n) is 13.1. The van der Waals surface area contributed by atoms with Crippen LogP contribution in [0.4, 0.5) is 0 Å². The van der Waals surface area contributed by atoms with Gasteiger partial charge in [-0.1, -0.05) is 12.8 Å². The van der Waals surface area contributed by atoms with Gasteiger partial charge in [0.1, 0.15) is 5.50 Å². The van der Waals surface area contributed by atoms with E-state index in [2.05, 4.69) is 28.9 Å². The molecule has 5 fully saturated rings. The number of methoxy groups -OCH3 is 1. The van der Waals surface area contributed by atoms with E-state index in [1.165, 1.54) is 12.8 Å². The highest BCUT2D eigenvalue weighted by molar-refractivity contribution is 8.00. The fourth-order valence-corrected chi connectivity index (χ4v) is 8.37. The Balaban J connectivity index is 1.16. The van der Waals surface area contributed by atoms with Gasteiger partial charge in [0.25, 0.3) is 0 Å². The minimum Gasteiger partial charge on any atom is -0.381 e. The number of nitriles is 1. The summed E-state index contributed by atoms with van der Waals surface area (Å²) < 4.78 is 5.86. The van der Waals surface area contributed by atoms with E-state index in [1.54, 1.807) is 11.8 Å². The van der Waals surface area contributed by atoms with Crippen LogP contribution >= 0.6 is 11.8 Å². The van der Waals surface area contributed by atoms with E-state index in [9.17, 15) is 14.9 Å². The van der Waals surface area contributed by atoms with Crippen molar-refractivity contribution in [3.05, 3.63) is 0 Å². The molecule has 10 atom stereocenters. The molecular formula is C25H39N5O3S. The van der Waals surface area contributed by atoms with E-state index >= 15 is 0 Å². The van der Waals surface area contributed by atoms with Gasteiger partial charge in [0.15, 0.2) is 0 Å². The first kappa shape index (κ1) is 24.4. The highest BCUT2D eigenvalue weighted by Crippen LogP contribution is 2.41. The number of nitrogens with zero attached hydrogens (tertiary/aromatic N) is 2. The van der Waals surface area contributed by atoms with Crippen molar-refractivity contribution in [2.75, 3.05) is 26.7 Å². The fourth-order valence-electron chi connectivity index (χ4n) is 6.96. The summed E-state index contributed by atoms with van der Waals surface area (Å²) in [5.74, 6) is 0.802. The van der Waals surface area contributed by atoms with Crippen LogP contribution in [0.15, 0.2) is 0 Å². The number of piperidine rings is 1. The van der Waals surface area contributed by atoms with Crippen molar-refractivity contribution in [2.24, 2.45) is 29.6 Å². The molecule has 0 spiro atoms. The van der Waals surface area contributed by atoms with Gasteiger partial charge in [0.05, 0.1) is 29.9 Å². The van der Waals surface area contributed by atoms with Crippen molar-refractivity contribution in [3.63, 3.8) is 0 Å². The highest BCUT2D eigenvalue weighted by Gasteiger charge is 2.48. The van der Waals surface area contributed by atoms with Crippen molar-refractivity contribution in [3.8, 4) is 6.07 Å². The smallest absolute Gasteiger partial charge is 0.227 e. The third kappa shape index (κ3) is 4.71. The van der Waals surface area contributed by atoms with Gasteiger partial charge >= 0.3 is 0 Å². The molecule has 0 radical (unpaired) electrons. The normalized spacial score (nSPS) is 44.1. The van der Waals surface area contributed by atoms with Crippen molar-refractivity contribution in [2.45, 2.75) is 80.8 Å². The lowest BCUT2D eigenvalue weighted by molar-refractivity contribution is -0.139. The van der Waals surface area contributed by atoms with Crippen molar-refractivity contribution < 1.29 is 14.3 Å². The van der Waals surface area contributed by atoms with Crippen LogP contribution in [0.25, 0.3) is 0 Å². The number of likely N-dealkylation sites (tertiary alicyclic amines) is 1. The molecule has 0 aromatic rings. The number of hydrogen-bond acceptors (Lipinski definition) is 7. The first-order chi connectivity index (χ1) is 16.5. The zero-order valence-electron chi connectivity index (χ0n) is 20.4. The summed E-state index contributed by atoms with van der Waals surface area (Å²) in [5.41, 5.74) is -0.111. The average molecular weight is 490 g/mol. The molecule has 10 unspecified atom stereocenters. The molecule has 34 heavy (non-hydrogen) atoms. The second kappa shape index (κ2) is 10.3. The summed E-state index contributed by atoms with van der Waals surface area (Å²) in [6.45, 7) is 4.31. The maximum atomic E-state index is 13.5. The molecule has 3 aliphatic heterocycles. The van der Waals surface area contributed by atoms with Crippen LogP contribution in [-0.4, -0.2) is 72.4 Å². The van der Waals surface area contributed by atoms with Crippen LogP contribution in [0.2, 0.25) is 0 Å². The molecule has 2 amide bonds. The molecule has 3 saturated heterocycles. The zero-order chi connectivity index (χ0) is 23.8. The highest BCUT2D eigenvalue weighted by atomic mass is 32.2. The molecule has 3 heterocycles. The van der Waals surface area contributed by atoms with Crippen LogP contribution in [0, 0.1) is 40.9 Å². The van der Waals surface area contributed by atoms with E-state index in [0.717, 1.165) is 38.6 Å². The number of fused-ring (bicyclic) bond motifs is 1. The number of carbonyl (C=O) groups excluding carboxylic acids is 2. The number of hydrogen-bond donors (Lipinski definition) is 3. The molecule has 3 N–H and O–H groups in total. The Morgan fingerprint density at radius 3 is 2.65 bits per heavy atom. The van der Waals surface area contributed by atoms with Crippen LogP contribution in [-0.2, 0) is 14.3 Å². The quantitative estimate of drug-likeness (QED) is 0.539. The number of amides is 2. The van der Waals surface area contributed by atoms with Crippen molar-refractivity contribution >= 4 is 23.6 Å². The topological polar surface area (TPSA) is 106 Å². The summed E-state index contributed by atoms with van der Waals surface area (Å²) in [4.78, 5) is 28.2. The largest absolute Gasteiger partial charge is 0.381 e. The Morgan fingerprint density at radius 1 is 1.12 bits per heavy atom. The maximum absolute atomic E-state index is 13.5. The molecule has 0 aromatic carbocycles. The van der Waals surface area contributed by atoms with E-state index in [-0.39, 0.29) is 52.5 Å². The molecule has 188 valence electrons. The Hall–Kier alpha value is -1.34. The fraction of sp³-hybridized carbons (Fsp3) is 0.880. The molecule has 0 bridgehead atoms. The molecule has 0 aromatic heterocycles. The van der Waals surface area contributed by atoms with E-state index in [0.29, 0.717) is 31.0 Å². The van der Waals surface area contributed by atoms with Gasteiger partial charge in [-0.05, 0) is 50.9 Å². The SMILES string of the molecule is COC1CCCCC1C1CC(C)NCC1C(=O)NC1NC2CN(C(=O)C3CCC3C#N)CC2S1. The van der Waals surface area contributed by atoms with Gasteiger partial charge in [0, 0.05) is 44.1 Å². The predicted octanol–water partition coefficient (Wildman–Crippen LogP) is 1.67. The minimum absolute atomic E-state index is 0.0422. The molecule has 5 rings (SSSR count). The summed E-state index contributed by atoms with van der Waals surface area (Å²) in [7, 11) is 1.82. The molecule has 2 aliphatic carbocycles. The van der Waals surface area contributed by atoms with E-state index < -0.39 is 0 Å². The third-order valence-electron chi connectivity index (χ3n) is 9.06. The summed E-state index contributed by atoms with van der Waals surface area (Å²) in [6.07, 6.45) is 7.65. The van der Waals surface area contributed by atoms with Gasteiger partial charge in [-0.15, -0.1) is 11.8 Å². The molecule has 8 nitrogen and oxygen atoms in total. The van der Waals surface area contributed by atoms with Crippen molar-refractivity contribution in [1.82, 2.24) is 20.9 Å². The van der Waals surface area contributed by atoms with Gasteiger partial charge in [-0.25, -0.2) is 0 Å². The lowest BCUT2D eigenvalue weighted by atomic mass is 9.68. The predicted molar refractivity (Wildman–Crippen MR) is 130 cm³/mol.